The first-order valence-electron chi connectivity index (χ1n) is 13.8. The molecule has 0 nitrogen and oxygen atoms in total. The molecule has 0 amide bonds. The highest BCUT2D eigenvalue weighted by Crippen LogP contribution is 2.62. The molecule has 39 heavy (non-hydrogen) atoms. The van der Waals surface area contributed by atoms with Crippen LogP contribution in [0.1, 0.15) is 33.4 Å². The Morgan fingerprint density at radius 2 is 0.615 bits per heavy atom. The van der Waals surface area contributed by atoms with Crippen LogP contribution in [0.5, 0.6) is 0 Å². The van der Waals surface area contributed by atoms with Crippen LogP contribution in [0.25, 0.3) is 44.5 Å². The minimum absolute atomic E-state index is 0.415. The van der Waals surface area contributed by atoms with Crippen LogP contribution in [0, 0.1) is 13.8 Å². The third kappa shape index (κ3) is 2.84. The van der Waals surface area contributed by atoms with Crippen LogP contribution in [0.15, 0.2) is 133 Å². The van der Waals surface area contributed by atoms with Gasteiger partial charge in [-0.25, -0.2) is 0 Å². The molecule has 0 bridgehead atoms. The summed E-state index contributed by atoms with van der Waals surface area (Å²) in [6.45, 7) is 4.53. The molecule has 0 saturated carbocycles. The van der Waals surface area contributed by atoms with Crippen molar-refractivity contribution in [2.24, 2.45) is 0 Å². The van der Waals surface area contributed by atoms with Crippen molar-refractivity contribution in [3.05, 3.63) is 167 Å². The number of aryl methyl sites for hydroxylation is 2. The van der Waals surface area contributed by atoms with Gasteiger partial charge in [0.15, 0.2) is 0 Å². The Bertz CT molecular complexity index is 1790. The summed E-state index contributed by atoms with van der Waals surface area (Å²) in [7, 11) is 0. The van der Waals surface area contributed by atoms with E-state index in [-0.39, 0.29) is 0 Å². The maximum Gasteiger partial charge on any atom is 0.0719 e. The van der Waals surface area contributed by atoms with Gasteiger partial charge in [0, 0.05) is 0 Å². The summed E-state index contributed by atoms with van der Waals surface area (Å²) in [4.78, 5) is 0. The van der Waals surface area contributed by atoms with Crippen molar-refractivity contribution in [1.29, 1.82) is 0 Å². The summed E-state index contributed by atoms with van der Waals surface area (Å²) >= 11 is 0. The molecular formula is C39H28. The van der Waals surface area contributed by atoms with E-state index in [4.69, 9.17) is 0 Å². The van der Waals surface area contributed by atoms with Gasteiger partial charge in [-0.15, -0.1) is 0 Å². The average Bonchev–Trinajstić information content (AvgIpc) is 3.28. The molecule has 0 spiro atoms. The second-order valence-corrected chi connectivity index (χ2v) is 10.9. The van der Waals surface area contributed by atoms with Gasteiger partial charge in [0.1, 0.15) is 0 Å². The van der Waals surface area contributed by atoms with Crippen molar-refractivity contribution < 1.29 is 0 Å². The fourth-order valence-corrected chi connectivity index (χ4v) is 7.48. The highest BCUT2D eigenvalue weighted by atomic mass is 14.5. The quantitative estimate of drug-likeness (QED) is 0.223. The van der Waals surface area contributed by atoms with E-state index in [1.807, 2.05) is 0 Å². The summed E-state index contributed by atoms with van der Waals surface area (Å²) in [5.74, 6) is 0. The highest BCUT2D eigenvalue weighted by molar-refractivity contribution is 6.08. The molecule has 0 atom stereocenters. The molecule has 0 unspecified atom stereocenters. The minimum atomic E-state index is -0.415. The first-order valence-corrected chi connectivity index (χ1v) is 13.8. The standard InChI is InChI=1S/C39H28/c1-25-13-3-9-21-33(25)39(34-22-10-4-14-26(34)2)35-23-11-19-31-29-17-7-5-15-27(29)28-16-6-8-18-30(28)32-20-12-24-36(39)38(32)37(31)35/h3-24H,1-2H3. The molecule has 184 valence electrons. The largest absolute Gasteiger partial charge is 0.0719 e. The van der Waals surface area contributed by atoms with Crippen molar-refractivity contribution in [2.45, 2.75) is 19.3 Å². The number of hydrogen-bond acceptors (Lipinski definition) is 0. The lowest BCUT2D eigenvalue weighted by atomic mass is 9.65. The normalized spacial score (nSPS) is 13.6. The molecule has 2 aliphatic rings. The third-order valence-electron chi connectivity index (χ3n) is 9.01. The number of benzene rings is 6. The highest BCUT2D eigenvalue weighted by Gasteiger charge is 2.49. The molecule has 6 aromatic rings. The minimum Gasteiger partial charge on any atom is -0.0620 e. The topological polar surface area (TPSA) is 0 Å². The van der Waals surface area contributed by atoms with Crippen LogP contribution in [0.2, 0.25) is 0 Å². The Balaban J connectivity index is 1.66. The number of hydrogen-bond donors (Lipinski definition) is 0. The number of fused-ring (bicyclic) bond motifs is 5. The Hall–Kier alpha value is -4.68. The van der Waals surface area contributed by atoms with Gasteiger partial charge in [0.05, 0.1) is 5.41 Å². The first-order chi connectivity index (χ1) is 19.2. The lowest BCUT2D eigenvalue weighted by molar-refractivity contribution is 0.754. The smallest absolute Gasteiger partial charge is 0.0620 e. The van der Waals surface area contributed by atoms with Crippen LogP contribution in [0.3, 0.4) is 0 Å². The zero-order valence-electron chi connectivity index (χ0n) is 22.2. The molecule has 8 rings (SSSR count). The first kappa shape index (κ1) is 22.3. The van der Waals surface area contributed by atoms with Gasteiger partial charge < -0.3 is 0 Å². The zero-order chi connectivity index (χ0) is 26.1. The summed E-state index contributed by atoms with van der Waals surface area (Å²) in [5, 5.41) is 0. The van der Waals surface area contributed by atoms with E-state index < -0.39 is 5.41 Å². The van der Waals surface area contributed by atoms with Crippen LogP contribution in [-0.4, -0.2) is 0 Å². The summed E-state index contributed by atoms with van der Waals surface area (Å²) in [5.41, 5.74) is 18.2. The summed E-state index contributed by atoms with van der Waals surface area (Å²) in [6, 6.07) is 49.8. The fourth-order valence-electron chi connectivity index (χ4n) is 7.48. The lowest BCUT2D eigenvalue weighted by Crippen LogP contribution is -2.30. The monoisotopic (exact) mass is 496 g/mol. The SMILES string of the molecule is Cc1ccccc1C1(c2ccccc2C)c2cccc3c2-c2c(cccc21)-c1ccccc1-c1ccccc1-3. The maximum absolute atomic E-state index is 2.39. The van der Waals surface area contributed by atoms with Crippen molar-refractivity contribution in [2.75, 3.05) is 0 Å². The van der Waals surface area contributed by atoms with Crippen LogP contribution in [-0.2, 0) is 5.41 Å². The molecule has 0 N–H and O–H groups in total. The molecular weight excluding hydrogens is 468 g/mol. The predicted octanol–water partition coefficient (Wildman–Crippen LogP) is 9.98. The predicted molar refractivity (Wildman–Crippen MR) is 163 cm³/mol. The molecule has 0 aliphatic heterocycles. The second-order valence-electron chi connectivity index (χ2n) is 10.9. The van der Waals surface area contributed by atoms with E-state index in [1.165, 1.54) is 77.9 Å². The number of rotatable bonds is 2. The van der Waals surface area contributed by atoms with E-state index in [2.05, 4.69) is 147 Å². The van der Waals surface area contributed by atoms with Gasteiger partial charge in [-0.3, -0.25) is 0 Å². The molecule has 2 aliphatic carbocycles. The molecule has 0 heteroatoms. The van der Waals surface area contributed by atoms with Crippen molar-refractivity contribution in [1.82, 2.24) is 0 Å². The van der Waals surface area contributed by atoms with Gasteiger partial charge in [-0.2, -0.15) is 0 Å². The summed E-state index contributed by atoms with van der Waals surface area (Å²) in [6.07, 6.45) is 0. The molecule has 0 aromatic heterocycles. The van der Waals surface area contributed by atoms with E-state index in [9.17, 15) is 0 Å². The van der Waals surface area contributed by atoms with Crippen molar-refractivity contribution in [3.63, 3.8) is 0 Å². The Labute approximate surface area is 230 Å². The van der Waals surface area contributed by atoms with Gasteiger partial charge in [-0.05, 0) is 91.7 Å². The van der Waals surface area contributed by atoms with Crippen LogP contribution in [0.4, 0.5) is 0 Å². The van der Waals surface area contributed by atoms with Crippen molar-refractivity contribution >= 4 is 0 Å². The molecule has 0 saturated heterocycles. The molecule has 0 radical (unpaired) electrons. The van der Waals surface area contributed by atoms with E-state index >= 15 is 0 Å². The second kappa shape index (κ2) is 8.16. The fraction of sp³-hybridized carbons (Fsp3) is 0.0769. The summed E-state index contributed by atoms with van der Waals surface area (Å²) < 4.78 is 0. The van der Waals surface area contributed by atoms with E-state index in [1.54, 1.807) is 0 Å². The van der Waals surface area contributed by atoms with Gasteiger partial charge in [-0.1, -0.05) is 133 Å². The van der Waals surface area contributed by atoms with Crippen LogP contribution < -0.4 is 0 Å². The Kier molecular flexibility index (Phi) is 4.67. The average molecular weight is 497 g/mol. The van der Waals surface area contributed by atoms with Crippen LogP contribution >= 0.6 is 0 Å². The molecule has 0 fully saturated rings. The Morgan fingerprint density at radius 1 is 0.308 bits per heavy atom. The maximum atomic E-state index is 2.39. The lowest BCUT2D eigenvalue weighted by Gasteiger charge is -2.36. The Morgan fingerprint density at radius 3 is 1.03 bits per heavy atom. The third-order valence-corrected chi connectivity index (χ3v) is 9.01. The van der Waals surface area contributed by atoms with Gasteiger partial charge in [0.25, 0.3) is 0 Å². The molecule has 6 aromatic carbocycles. The zero-order valence-corrected chi connectivity index (χ0v) is 22.2. The van der Waals surface area contributed by atoms with Gasteiger partial charge >= 0.3 is 0 Å². The van der Waals surface area contributed by atoms with E-state index in [0.29, 0.717) is 0 Å². The van der Waals surface area contributed by atoms with Gasteiger partial charge in [0.2, 0.25) is 0 Å². The molecule has 0 heterocycles. The van der Waals surface area contributed by atoms with Crippen molar-refractivity contribution in [3.8, 4) is 44.5 Å². The van der Waals surface area contributed by atoms with E-state index in [0.717, 1.165) is 0 Å².